The molecular formula is C21H22ClFN4O4. The van der Waals surface area contributed by atoms with Crippen molar-refractivity contribution in [3.8, 4) is 5.88 Å². The number of nitrogens with zero attached hydrogens (tertiary/aromatic N) is 3. The average molecular weight is 449 g/mol. The Morgan fingerprint density at radius 2 is 2.00 bits per heavy atom. The van der Waals surface area contributed by atoms with Gasteiger partial charge in [0.2, 0.25) is 5.88 Å². The number of halogens is 2. The Balaban J connectivity index is 1.37. The molecule has 2 saturated heterocycles. The number of carbonyl (C=O) groups is 2. The molecule has 0 aliphatic carbocycles. The maximum Gasteiger partial charge on any atom is 0.321 e. The fraction of sp³-hybridized carbons (Fsp3) is 0.381. The Morgan fingerprint density at radius 3 is 2.77 bits per heavy atom. The topological polar surface area (TPSA) is 84.0 Å². The predicted octanol–water partition coefficient (Wildman–Crippen LogP) is 3.03. The molecule has 2 fully saturated rings. The third-order valence-corrected chi connectivity index (χ3v) is 5.47. The number of anilines is 1. The minimum absolute atomic E-state index is 0.0620. The highest BCUT2D eigenvalue weighted by Crippen LogP contribution is 2.24. The first-order valence-corrected chi connectivity index (χ1v) is 10.4. The van der Waals surface area contributed by atoms with E-state index in [1.165, 1.54) is 18.2 Å². The van der Waals surface area contributed by atoms with Crippen molar-refractivity contribution in [2.75, 3.05) is 44.7 Å². The van der Waals surface area contributed by atoms with Crippen LogP contribution in [0.15, 0.2) is 36.5 Å². The average Bonchev–Trinajstić information content (AvgIpc) is 3.25. The number of nitrogens with one attached hydrogen (secondary N) is 1. The van der Waals surface area contributed by atoms with Crippen molar-refractivity contribution >= 4 is 29.2 Å². The lowest BCUT2D eigenvalue weighted by Gasteiger charge is -2.27. The van der Waals surface area contributed by atoms with Gasteiger partial charge in [-0.15, -0.1) is 0 Å². The number of carbonyl (C=O) groups excluding carboxylic acids is 2. The molecule has 2 aromatic rings. The van der Waals surface area contributed by atoms with Gasteiger partial charge in [-0.2, -0.15) is 0 Å². The third-order valence-electron chi connectivity index (χ3n) is 5.18. The highest BCUT2D eigenvalue weighted by molar-refractivity contribution is 6.31. The second-order valence-electron chi connectivity index (χ2n) is 7.29. The molecule has 1 atom stereocenters. The van der Waals surface area contributed by atoms with E-state index >= 15 is 0 Å². The summed E-state index contributed by atoms with van der Waals surface area (Å²) in [6.07, 6.45) is 1.87. The van der Waals surface area contributed by atoms with Crippen molar-refractivity contribution in [1.29, 1.82) is 0 Å². The van der Waals surface area contributed by atoms with E-state index in [0.717, 1.165) is 0 Å². The standard InChI is InChI=1S/C21H22ClFN4O4/c22-17-12-14(3-4-18(17)23)25-21(29)27-7-5-15(13-27)31-19-16(2-1-6-24-19)20(28)26-8-10-30-11-9-26/h1-4,6,12,15H,5,7-11,13H2,(H,25,29). The normalized spacial score (nSPS) is 18.7. The van der Waals surface area contributed by atoms with Crippen LogP contribution in [0.25, 0.3) is 0 Å². The van der Waals surface area contributed by atoms with Crippen LogP contribution in [0.1, 0.15) is 16.8 Å². The smallest absolute Gasteiger partial charge is 0.321 e. The van der Waals surface area contributed by atoms with E-state index in [-0.39, 0.29) is 28.9 Å². The monoisotopic (exact) mass is 448 g/mol. The number of rotatable bonds is 4. The summed E-state index contributed by atoms with van der Waals surface area (Å²) in [6.45, 7) is 2.88. The Morgan fingerprint density at radius 1 is 1.19 bits per heavy atom. The molecule has 3 amide bonds. The fourth-order valence-corrected chi connectivity index (χ4v) is 3.71. The van der Waals surface area contributed by atoms with Crippen LogP contribution in [0.2, 0.25) is 5.02 Å². The zero-order chi connectivity index (χ0) is 21.8. The Hall–Kier alpha value is -2.91. The highest BCUT2D eigenvalue weighted by Gasteiger charge is 2.30. The summed E-state index contributed by atoms with van der Waals surface area (Å²) in [7, 11) is 0. The van der Waals surface area contributed by atoms with Gasteiger partial charge in [-0.05, 0) is 30.3 Å². The fourth-order valence-electron chi connectivity index (χ4n) is 3.53. The van der Waals surface area contributed by atoms with Gasteiger partial charge in [0.25, 0.3) is 5.91 Å². The summed E-state index contributed by atoms with van der Waals surface area (Å²) in [4.78, 5) is 32.9. The maximum atomic E-state index is 13.3. The van der Waals surface area contributed by atoms with Crippen LogP contribution in [0.5, 0.6) is 5.88 Å². The van der Waals surface area contributed by atoms with E-state index in [4.69, 9.17) is 21.1 Å². The van der Waals surface area contributed by atoms with Crippen LogP contribution in [-0.4, -0.2) is 72.2 Å². The molecule has 164 valence electrons. The van der Waals surface area contributed by atoms with Crippen molar-refractivity contribution in [2.24, 2.45) is 0 Å². The molecule has 0 bridgehead atoms. The molecule has 2 aliphatic heterocycles. The number of urea groups is 1. The van der Waals surface area contributed by atoms with E-state index in [9.17, 15) is 14.0 Å². The van der Waals surface area contributed by atoms with Crippen LogP contribution in [0, 0.1) is 5.82 Å². The van der Waals surface area contributed by atoms with Crippen molar-refractivity contribution in [1.82, 2.24) is 14.8 Å². The molecule has 1 N–H and O–H groups in total. The first kappa shape index (κ1) is 21.3. The molecule has 1 aromatic carbocycles. The number of hydrogen-bond donors (Lipinski definition) is 1. The molecule has 10 heteroatoms. The first-order chi connectivity index (χ1) is 15.0. The van der Waals surface area contributed by atoms with Gasteiger partial charge in [0.05, 0.1) is 24.8 Å². The molecule has 31 heavy (non-hydrogen) atoms. The van der Waals surface area contributed by atoms with Gasteiger partial charge >= 0.3 is 6.03 Å². The molecule has 4 rings (SSSR count). The molecule has 3 heterocycles. The minimum Gasteiger partial charge on any atom is -0.472 e. The van der Waals surface area contributed by atoms with Crippen LogP contribution in [0.3, 0.4) is 0 Å². The number of amides is 3. The summed E-state index contributed by atoms with van der Waals surface area (Å²) in [6, 6.07) is 7.05. The number of morpholine rings is 1. The second kappa shape index (κ2) is 9.49. The lowest BCUT2D eigenvalue weighted by Crippen LogP contribution is -2.41. The van der Waals surface area contributed by atoms with Crippen LogP contribution in [0.4, 0.5) is 14.9 Å². The second-order valence-corrected chi connectivity index (χ2v) is 7.70. The molecule has 1 unspecified atom stereocenters. The molecule has 1 aromatic heterocycles. The molecule has 8 nitrogen and oxygen atoms in total. The SMILES string of the molecule is O=C(Nc1ccc(F)c(Cl)c1)N1CCC(Oc2ncccc2C(=O)N2CCOCC2)C1. The van der Waals surface area contributed by atoms with Gasteiger partial charge < -0.3 is 24.6 Å². The first-order valence-electron chi connectivity index (χ1n) is 10.0. The van der Waals surface area contributed by atoms with E-state index in [0.29, 0.717) is 57.1 Å². The zero-order valence-electron chi connectivity index (χ0n) is 16.7. The maximum absolute atomic E-state index is 13.3. The van der Waals surface area contributed by atoms with Gasteiger partial charge in [0, 0.05) is 37.9 Å². The number of pyridine rings is 1. The van der Waals surface area contributed by atoms with Gasteiger partial charge in [-0.25, -0.2) is 14.2 Å². The number of likely N-dealkylation sites (tertiary alicyclic amines) is 1. The summed E-state index contributed by atoms with van der Waals surface area (Å²) in [5.74, 6) is -0.434. The lowest BCUT2D eigenvalue weighted by atomic mass is 10.2. The Labute approximate surface area is 183 Å². The van der Waals surface area contributed by atoms with E-state index in [1.807, 2.05) is 0 Å². The van der Waals surface area contributed by atoms with Crippen molar-refractivity contribution in [3.05, 3.63) is 52.9 Å². The minimum atomic E-state index is -0.549. The van der Waals surface area contributed by atoms with Crippen molar-refractivity contribution in [2.45, 2.75) is 12.5 Å². The Kier molecular flexibility index (Phi) is 6.53. The summed E-state index contributed by atoms with van der Waals surface area (Å²) in [5.41, 5.74) is 0.803. The van der Waals surface area contributed by atoms with Gasteiger partial charge in [0.1, 0.15) is 17.5 Å². The number of benzene rings is 1. The predicted molar refractivity (Wildman–Crippen MR) is 112 cm³/mol. The number of hydrogen-bond acceptors (Lipinski definition) is 5. The van der Waals surface area contributed by atoms with E-state index in [2.05, 4.69) is 10.3 Å². The molecular weight excluding hydrogens is 427 g/mol. The largest absolute Gasteiger partial charge is 0.472 e. The number of aromatic nitrogens is 1. The summed E-state index contributed by atoms with van der Waals surface area (Å²) in [5, 5.41) is 2.64. The number of ether oxygens (including phenoxy) is 2. The van der Waals surface area contributed by atoms with E-state index < -0.39 is 5.82 Å². The van der Waals surface area contributed by atoms with E-state index in [1.54, 1.807) is 28.1 Å². The lowest BCUT2D eigenvalue weighted by molar-refractivity contribution is 0.0298. The van der Waals surface area contributed by atoms with Crippen LogP contribution >= 0.6 is 11.6 Å². The van der Waals surface area contributed by atoms with Gasteiger partial charge in [-0.1, -0.05) is 11.6 Å². The van der Waals surface area contributed by atoms with Crippen molar-refractivity contribution in [3.63, 3.8) is 0 Å². The quantitative estimate of drug-likeness (QED) is 0.777. The summed E-state index contributed by atoms with van der Waals surface area (Å²) < 4.78 is 24.6. The summed E-state index contributed by atoms with van der Waals surface area (Å²) >= 11 is 5.76. The van der Waals surface area contributed by atoms with Crippen LogP contribution in [-0.2, 0) is 4.74 Å². The van der Waals surface area contributed by atoms with Gasteiger partial charge in [-0.3, -0.25) is 4.79 Å². The zero-order valence-corrected chi connectivity index (χ0v) is 17.5. The van der Waals surface area contributed by atoms with Crippen LogP contribution < -0.4 is 10.1 Å². The third kappa shape index (κ3) is 5.05. The molecule has 0 radical (unpaired) electrons. The Bertz CT molecular complexity index is 970. The van der Waals surface area contributed by atoms with Gasteiger partial charge in [0.15, 0.2) is 0 Å². The highest BCUT2D eigenvalue weighted by atomic mass is 35.5. The van der Waals surface area contributed by atoms with Crippen molar-refractivity contribution < 1.29 is 23.5 Å². The molecule has 0 spiro atoms. The molecule has 0 saturated carbocycles. The molecule has 2 aliphatic rings.